The van der Waals surface area contributed by atoms with E-state index < -0.39 is 64.5 Å². The Hall–Kier alpha value is -3.51. The van der Waals surface area contributed by atoms with E-state index in [1.165, 1.54) is 7.11 Å². The Labute approximate surface area is 278 Å². The standard InChI is InChI=1S/C35H53N3O9/c1-33(2,3)46-29(40)25(21-38(32(43)47-34(4,5)6)28(39)26-16-13-19-36-26)20-35(17-11-12-18-35)31(42)37-27(30(41)44-7)23-45-22-24-14-9-8-10-15-24/h8-10,14-15,25-27,36H,11-13,16-23H2,1-7H3,(H,37,42)/t25-,26-,27-/m0/s1. The van der Waals surface area contributed by atoms with Gasteiger partial charge in [0.15, 0.2) is 6.04 Å². The van der Waals surface area contributed by atoms with Crippen LogP contribution in [0.15, 0.2) is 30.3 Å². The normalized spacial score (nSPS) is 18.9. The zero-order valence-corrected chi connectivity index (χ0v) is 29.0. The number of esters is 2. The Morgan fingerprint density at radius 2 is 1.57 bits per heavy atom. The van der Waals surface area contributed by atoms with Crippen LogP contribution < -0.4 is 10.6 Å². The number of imide groups is 1. The van der Waals surface area contributed by atoms with Gasteiger partial charge in [-0.2, -0.15) is 0 Å². The second kappa shape index (κ2) is 16.5. The molecule has 3 rings (SSSR count). The highest BCUT2D eigenvalue weighted by Crippen LogP contribution is 2.44. The maximum Gasteiger partial charge on any atom is 0.417 e. The van der Waals surface area contributed by atoms with Gasteiger partial charge in [-0.1, -0.05) is 43.2 Å². The van der Waals surface area contributed by atoms with Gasteiger partial charge in [0, 0.05) is 6.54 Å². The van der Waals surface area contributed by atoms with Gasteiger partial charge in [0.25, 0.3) is 0 Å². The summed E-state index contributed by atoms with van der Waals surface area (Å²) in [5.41, 5.74) is -1.91. The molecular weight excluding hydrogens is 606 g/mol. The van der Waals surface area contributed by atoms with Crippen molar-refractivity contribution in [3.8, 4) is 0 Å². The molecule has 1 heterocycles. The summed E-state index contributed by atoms with van der Waals surface area (Å²) < 4.78 is 22.1. The molecule has 1 aliphatic heterocycles. The number of rotatable bonds is 13. The summed E-state index contributed by atoms with van der Waals surface area (Å²) in [6.07, 6.45) is 2.79. The van der Waals surface area contributed by atoms with Crippen LogP contribution in [0.5, 0.6) is 0 Å². The third-order valence-corrected chi connectivity index (χ3v) is 8.25. The van der Waals surface area contributed by atoms with E-state index in [9.17, 15) is 24.0 Å². The highest BCUT2D eigenvalue weighted by molar-refractivity contribution is 5.96. The van der Waals surface area contributed by atoms with E-state index in [0.29, 0.717) is 25.8 Å². The predicted octanol–water partition coefficient (Wildman–Crippen LogP) is 4.29. The molecule has 0 radical (unpaired) electrons. The lowest BCUT2D eigenvalue weighted by Gasteiger charge is -2.36. The van der Waals surface area contributed by atoms with Gasteiger partial charge < -0.3 is 29.6 Å². The molecule has 1 aromatic rings. The van der Waals surface area contributed by atoms with E-state index in [1.807, 2.05) is 30.3 Å². The number of hydrogen-bond acceptors (Lipinski definition) is 10. The third kappa shape index (κ3) is 11.6. The summed E-state index contributed by atoms with van der Waals surface area (Å²) in [5.74, 6) is -3.24. The molecule has 0 aromatic heterocycles. The summed E-state index contributed by atoms with van der Waals surface area (Å²) in [6, 6.07) is 7.76. The number of amides is 3. The predicted molar refractivity (Wildman–Crippen MR) is 174 cm³/mol. The highest BCUT2D eigenvalue weighted by atomic mass is 16.6. The molecule has 2 fully saturated rings. The molecule has 1 aliphatic carbocycles. The first-order valence-corrected chi connectivity index (χ1v) is 16.5. The van der Waals surface area contributed by atoms with Gasteiger partial charge in [-0.05, 0) is 85.8 Å². The van der Waals surface area contributed by atoms with Crippen LogP contribution in [0.25, 0.3) is 0 Å². The molecule has 1 saturated heterocycles. The molecule has 0 spiro atoms. The fourth-order valence-electron chi connectivity index (χ4n) is 6.02. The van der Waals surface area contributed by atoms with Crippen molar-refractivity contribution in [3.05, 3.63) is 35.9 Å². The minimum absolute atomic E-state index is 0.00279. The van der Waals surface area contributed by atoms with Gasteiger partial charge in [0.2, 0.25) is 11.8 Å². The largest absolute Gasteiger partial charge is 0.467 e. The second-order valence-electron chi connectivity index (χ2n) is 14.6. The molecule has 2 aliphatic rings. The first kappa shape index (κ1) is 37.9. The van der Waals surface area contributed by atoms with Crippen LogP contribution >= 0.6 is 0 Å². The number of benzene rings is 1. The lowest BCUT2D eigenvalue weighted by molar-refractivity contribution is -0.163. The van der Waals surface area contributed by atoms with E-state index in [0.717, 1.165) is 29.7 Å². The lowest BCUT2D eigenvalue weighted by atomic mass is 9.76. The molecule has 1 aromatic carbocycles. The highest BCUT2D eigenvalue weighted by Gasteiger charge is 2.47. The van der Waals surface area contributed by atoms with Gasteiger partial charge in [0.05, 0.1) is 37.7 Å². The van der Waals surface area contributed by atoms with Gasteiger partial charge in [-0.25, -0.2) is 14.5 Å². The summed E-state index contributed by atoms with van der Waals surface area (Å²) >= 11 is 0. The van der Waals surface area contributed by atoms with E-state index in [-0.39, 0.29) is 26.2 Å². The summed E-state index contributed by atoms with van der Waals surface area (Å²) in [6.45, 7) is 10.7. The van der Waals surface area contributed by atoms with Crippen molar-refractivity contribution in [1.82, 2.24) is 15.5 Å². The molecule has 3 amide bonds. The van der Waals surface area contributed by atoms with E-state index >= 15 is 0 Å². The minimum Gasteiger partial charge on any atom is -0.467 e. The van der Waals surface area contributed by atoms with Crippen molar-refractivity contribution < 1.29 is 42.9 Å². The van der Waals surface area contributed by atoms with Crippen LogP contribution in [0.4, 0.5) is 4.79 Å². The fourth-order valence-corrected chi connectivity index (χ4v) is 6.02. The Kier molecular flexibility index (Phi) is 13.4. The Balaban J connectivity index is 1.88. The topological polar surface area (TPSA) is 150 Å². The molecule has 47 heavy (non-hydrogen) atoms. The van der Waals surface area contributed by atoms with E-state index in [1.54, 1.807) is 41.5 Å². The van der Waals surface area contributed by atoms with Gasteiger partial charge in [-0.3, -0.25) is 14.4 Å². The van der Waals surface area contributed by atoms with Crippen LogP contribution in [-0.4, -0.2) is 84.8 Å². The maximum atomic E-state index is 14.1. The average Bonchev–Trinajstić information content (AvgIpc) is 3.70. The van der Waals surface area contributed by atoms with E-state index in [2.05, 4.69) is 10.6 Å². The number of ether oxygens (including phenoxy) is 4. The molecule has 3 atom stereocenters. The Bertz CT molecular complexity index is 1230. The SMILES string of the molecule is COC(=O)[C@H](COCc1ccccc1)NC(=O)C1(C[C@@H](CN(C(=O)OC(C)(C)C)C(=O)[C@@H]2CCCN2)C(=O)OC(C)(C)C)CCCC1. The van der Waals surface area contributed by atoms with Gasteiger partial charge in [0.1, 0.15) is 11.2 Å². The quantitative estimate of drug-likeness (QED) is 0.232. The Morgan fingerprint density at radius 1 is 0.936 bits per heavy atom. The van der Waals surface area contributed by atoms with Crippen molar-refractivity contribution in [1.29, 1.82) is 0 Å². The number of nitrogens with one attached hydrogen (secondary N) is 2. The van der Waals surface area contributed by atoms with Crippen molar-refractivity contribution in [2.24, 2.45) is 11.3 Å². The number of nitrogens with zero attached hydrogens (tertiary/aromatic N) is 1. The van der Waals surface area contributed by atoms with Crippen molar-refractivity contribution in [2.45, 2.75) is 116 Å². The van der Waals surface area contributed by atoms with Crippen LogP contribution in [0, 0.1) is 11.3 Å². The first-order chi connectivity index (χ1) is 22.0. The smallest absolute Gasteiger partial charge is 0.417 e. The summed E-state index contributed by atoms with van der Waals surface area (Å²) in [7, 11) is 1.24. The number of hydrogen-bond donors (Lipinski definition) is 2. The van der Waals surface area contributed by atoms with Crippen molar-refractivity contribution >= 4 is 29.8 Å². The number of carbonyl (C=O) groups is 5. The van der Waals surface area contributed by atoms with Gasteiger partial charge >= 0.3 is 18.0 Å². The zero-order chi connectivity index (χ0) is 34.8. The molecule has 1 saturated carbocycles. The van der Waals surface area contributed by atoms with Crippen LogP contribution in [0.2, 0.25) is 0 Å². The summed E-state index contributed by atoms with van der Waals surface area (Å²) in [4.78, 5) is 68.8. The van der Waals surface area contributed by atoms with Crippen LogP contribution in [0.1, 0.15) is 92.1 Å². The molecule has 0 bridgehead atoms. The zero-order valence-electron chi connectivity index (χ0n) is 29.0. The third-order valence-electron chi connectivity index (χ3n) is 8.25. The monoisotopic (exact) mass is 659 g/mol. The van der Waals surface area contributed by atoms with E-state index in [4.69, 9.17) is 18.9 Å². The number of carbonyl (C=O) groups excluding carboxylic acids is 5. The first-order valence-electron chi connectivity index (χ1n) is 16.5. The van der Waals surface area contributed by atoms with Crippen LogP contribution in [-0.2, 0) is 44.7 Å². The van der Waals surface area contributed by atoms with Crippen molar-refractivity contribution in [3.63, 3.8) is 0 Å². The Morgan fingerprint density at radius 3 is 2.13 bits per heavy atom. The minimum atomic E-state index is -1.08. The molecule has 2 N–H and O–H groups in total. The van der Waals surface area contributed by atoms with Gasteiger partial charge in [-0.15, -0.1) is 0 Å². The molecular formula is C35H53N3O9. The number of methoxy groups -OCH3 is 1. The molecule has 12 heteroatoms. The fraction of sp³-hybridized carbons (Fsp3) is 0.686. The second-order valence-corrected chi connectivity index (χ2v) is 14.6. The van der Waals surface area contributed by atoms with Crippen molar-refractivity contribution in [2.75, 3.05) is 26.8 Å². The maximum absolute atomic E-state index is 14.1. The molecule has 12 nitrogen and oxygen atoms in total. The lowest BCUT2D eigenvalue weighted by Crippen LogP contribution is -2.53. The average molecular weight is 660 g/mol. The molecule has 0 unspecified atom stereocenters. The summed E-state index contributed by atoms with van der Waals surface area (Å²) in [5, 5.41) is 5.96. The van der Waals surface area contributed by atoms with Crippen LogP contribution in [0.3, 0.4) is 0 Å². The molecule has 262 valence electrons.